The Bertz CT molecular complexity index is 516. The van der Waals surface area contributed by atoms with E-state index < -0.39 is 11.9 Å². The first-order valence-electron chi connectivity index (χ1n) is 5.05. The number of carbonyl (C=O) groups is 2. The number of fused-ring (bicyclic) bond motifs is 1. The summed E-state index contributed by atoms with van der Waals surface area (Å²) < 4.78 is 11.0. The van der Waals surface area contributed by atoms with Gasteiger partial charge in [-0.25, -0.2) is 0 Å². The van der Waals surface area contributed by atoms with E-state index in [1.54, 1.807) is 6.07 Å². The van der Waals surface area contributed by atoms with Crippen LogP contribution in [0, 0.1) is 0 Å². The minimum atomic E-state index is -1.06. The summed E-state index contributed by atoms with van der Waals surface area (Å²) in [4.78, 5) is 23.6. The zero-order chi connectivity index (χ0) is 13.3. The van der Waals surface area contributed by atoms with Crippen molar-refractivity contribution in [3.05, 3.63) is 22.2 Å². The van der Waals surface area contributed by atoms with E-state index in [1.807, 2.05) is 0 Å². The number of hydrogen-bond acceptors (Lipinski definition) is 4. The molecule has 1 aliphatic rings. The maximum Gasteiger partial charge on any atom is 0.323 e. The molecular weight excluding hydrogens is 306 g/mol. The molecule has 96 valence electrons. The lowest BCUT2D eigenvalue weighted by Gasteiger charge is -2.15. The van der Waals surface area contributed by atoms with Gasteiger partial charge in [-0.2, -0.15) is 0 Å². The van der Waals surface area contributed by atoms with Gasteiger partial charge in [-0.3, -0.25) is 9.59 Å². The number of halogens is 1. The molecule has 0 aliphatic carbocycles. The second kappa shape index (κ2) is 4.85. The Hall–Kier alpha value is -1.76. The zero-order valence-corrected chi connectivity index (χ0v) is 11.1. The molecule has 1 aliphatic heterocycles. The van der Waals surface area contributed by atoms with Gasteiger partial charge in [0.05, 0.1) is 4.47 Å². The van der Waals surface area contributed by atoms with Gasteiger partial charge in [0.2, 0.25) is 6.79 Å². The van der Waals surface area contributed by atoms with Crippen molar-refractivity contribution in [2.24, 2.45) is 0 Å². The van der Waals surface area contributed by atoms with Gasteiger partial charge in [-0.15, -0.1) is 0 Å². The number of rotatable bonds is 3. The van der Waals surface area contributed by atoms with Crippen LogP contribution in [-0.2, 0) is 4.79 Å². The van der Waals surface area contributed by atoms with Gasteiger partial charge < -0.3 is 19.5 Å². The average Bonchev–Trinajstić information content (AvgIpc) is 2.75. The number of nitrogens with zero attached hydrogens (tertiary/aromatic N) is 1. The van der Waals surface area contributed by atoms with Crippen LogP contribution in [0.15, 0.2) is 16.6 Å². The number of ether oxygens (including phenoxy) is 2. The Kier molecular flexibility index (Phi) is 3.42. The lowest BCUT2D eigenvalue weighted by atomic mass is 10.2. The van der Waals surface area contributed by atoms with Crippen molar-refractivity contribution in [1.29, 1.82) is 0 Å². The zero-order valence-electron chi connectivity index (χ0n) is 9.47. The summed E-state index contributed by atoms with van der Waals surface area (Å²) in [5, 5.41) is 8.64. The SMILES string of the molecule is CN(CC(=O)O)C(=O)c1cc(Br)c2c(c1)OCO2. The fourth-order valence-corrected chi connectivity index (χ4v) is 2.14. The minimum Gasteiger partial charge on any atom is -0.480 e. The Labute approximate surface area is 111 Å². The van der Waals surface area contributed by atoms with E-state index in [1.165, 1.54) is 13.1 Å². The van der Waals surface area contributed by atoms with Gasteiger partial charge in [0.1, 0.15) is 6.54 Å². The maximum atomic E-state index is 12.0. The highest BCUT2D eigenvalue weighted by molar-refractivity contribution is 9.10. The highest BCUT2D eigenvalue weighted by atomic mass is 79.9. The molecule has 1 heterocycles. The van der Waals surface area contributed by atoms with Gasteiger partial charge in [-0.1, -0.05) is 0 Å². The normalized spacial score (nSPS) is 12.3. The van der Waals surface area contributed by atoms with Crippen LogP contribution in [0.2, 0.25) is 0 Å². The van der Waals surface area contributed by atoms with E-state index in [4.69, 9.17) is 14.6 Å². The Morgan fingerprint density at radius 2 is 2.17 bits per heavy atom. The predicted molar refractivity (Wildman–Crippen MR) is 64.9 cm³/mol. The molecule has 2 rings (SSSR count). The minimum absolute atomic E-state index is 0.108. The van der Waals surface area contributed by atoms with Crippen molar-refractivity contribution in [3.63, 3.8) is 0 Å². The second-order valence-corrected chi connectivity index (χ2v) is 4.60. The third-order valence-corrected chi connectivity index (χ3v) is 2.98. The number of aliphatic carboxylic acids is 1. The van der Waals surface area contributed by atoms with Crippen molar-refractivity contribution in [2.45, 2.75) is 0 Å². The Balaban J connectivity index is 2.26. The van der Waals surface area contributed by atoms with Crippen molar-refractivity contribution in [2.75, 3.05) is 20.4 Å². The second-order valence-electron chi connectivity index (χ2n) is 3.75. The summed E-state index contributed by atoms with van der Waals surface area (Å²) in [6.07, 6.45) is 0. The molecule has 1 aromatic carbocycles. The quantitative estimate of drug-likeness (QED) is 0.910. The fraction of sp³-hybridized carbons (Fsp3) is 0.273. The Morgan fingerprint density at radius 3 is 2.83 bits per heavy atom. The Morgan fingerprint density at radius 1 is 1.44 bits per heavy atom. The molecule has 0 aromatic heterocycles. The first-order valence-corrected chi connectivity index (χ1v) is 5.84. The number of benzene rings is 1. The molecule has 1 aromatic rings. The number of likely N-dealkylation sites (N-methyl/N-ethyl adjacent to an activating group) is 1. The number of hydrogen-bond donors (Lipinski definition) is 1. The van der Waals surface area contributed by atoms with Crippen molar-refractivity contribution in [3.8, 4) is 11.5 Å². The summed E-state index contributed by atoms with van der Waals surface area (Å²) in [5.41, 5.74) is 0.342. The molecule has 7 heteroatoms. The highest BCUT2D eigenvalue weighted by Gasteiger charge is 2.22. The predicted octanol–water partition coefficient (Wildman–Crippen LogP) is 1.33. The number of amides is 1. The molecule has 0 atom stereocenters. The van der Waals surface area contributed by atoms with Crippen LogP contribution in [0.5, 0.6) is 11.5 Å². The molecule has 0 unspecified atom stereocenters. The van der Waals surface area contributed by atoms with E-state index in [2.05, 4.69) is 15.9 Å². The van der Waals surface area contributed by atoms with Crippen molar-refractivity contribution < 1.29 is 24.2 Å². The van der Waals surface area contributed by atoms with E-state index >= 15 is 0 Å². The third kappa shape index (κ3) is 2.40. The van der Waals surface area contributed by atoms with Gasteiger partial charge >= 0.3 is 5.97 Å². The summed E-state index contributed by atoms with van der Waals surface area (Å²) >= 11 is 3.27. The first kappa shape index (κ1) is 12.7. The largest absolute Gasteiger partial charge is 0.480 e. The molecule has 0 saturated carbocycles. The topological polar surface area (TPSA) is 76.1 Å². The van der Waals surface area contributed by atoms with Gasteiger partial charge in [0.15, 0.2) is 11.5 Å². The summed E-state index contributed by atoms with van der Waals surface area (Å²) in [5.74, 6) is -0.439. The summed E-state index contributed by atoms with van der Waals surface area (Å²) in [6.45, 7) is -0.249. The molecule has 0 spiro atoms. The molecule has 0 bridgehead atoms. The molecular formula is C11H10BrNO5. The maximum absolute atomic E-state index is 12.0. The number of carboxylic acids is 1. The standard InChI is InChI=1S/C11H10BrNO5/c1-13(4-9(14)15)11(16)6-2-7(12)10-8(3-6)17-5-18-10/h2-3H,4-5H2,1H3,(H,14,15). The van der Waals surface area contributed by atoms with Crippen LogP contribution in [0.1, 0.15) is 10.4 Å². The van der Waals surface area contributed by atoms with Crippen LogP contribution < -0.4 is 9.47 Å². The molecule has 0 radical (unpaired) electrons. The number of carboxylic acid groups (broad SMARTS) is 1. The van der Waals surface area contributed by atoms with Gasteiger partial charge in [-0.05, 0) is 28.1 Å². The average molecular weight is 316 g/mol. The molecule has 6 nitrogen and oxygen atoms in total. The molecule has 18 heavy (non-hydrogen) atoms. The summed E-state index contributed by atoms with van der Waals surface area (Å²) in [6, 6.07) is 3.11. The van der Waals surface area contributed by atoms with E-state index in [0.29, 0.717) is 21.5 Å². The molecule has 0 fully saturated rings. The summed E-state index contributed by atoms with van der Waals surface area (Å²) in [7, 11) is 1.43. The van der Waals surface area contributed by atoms with Crippen molar-refractivity contribution in [1.82, 2.24) is 4.90 Å². The fourth-order valence-electron chi connectivity index (χ4n) is 1.59. The lowest BCUT2D eigenvalue weighted by Crippen LogP contribution is -2.31. The first-order chi connectivity index (χ1) is 8.49. The van der Waals surface area contributed by atoms with Crippen molar-refractivity contribution >= 4 is 27.8 Å². The van der Waals surface area contributed by atoms with Gasteiger partial charge in [0.25, 0.3) is 5.91 Å². The van der Waals surface area contributed by atoms with Crippen LogP contribution in [0.3, 0.4) is 0 Å². The third-order valence-electron chi connectivity index (χ3n) is 2.39. The highest BCUT2D eigenvalue weighted by Crippen LogP contribution is 2.40. The van der Waals surface area contributed by atoms with Gasteiger partial charge in [0, 0.05) is 12.6 Å². The van der Waals surface area contributed by atoms with Crippen LogP contribution in [-0.4, -0.2) is 42.3 Å². The molecule has 1 N–H and O–H groups in total. The van der Waals surface area contributed by atoms with Crippen LogP contribution >= 0.6 is 15.9 Å². The molecule has 0 saturated heterocycles. The molecule has 1 amide bonds. The smallest absolute Gasteiger partial charge is 0.323 e. The van der Waals surface area contributed by atoms with E-state index in [-0.39, 0.29) is 13.3 Å². The van der Waals surface area contributed by atoms with Crippen LogP contribution in [0.25, 0.3) is 0 Å². The number of carbonyl (C=O) groups excluding carboxylic acids is 1. The lowest BCUT2D eigenvalue weighted by molar-refractivity contribution is -0.137. The van der Waals surface area contributed by atoms with Crippen LogP contribution in [0.4, 0.5) is 0 Å². The van der Waals surface area contributed by atoms with E-state index in [9.17, 15) is 9.59 Å². The monoisotopic (exact) mass is 315 g/mol. The van der Waals surface area contributed by atoms with E-state index in [0.717, 1.165) is 4.90 Å².